The Bertz CT molecular complexity index is 1660. The molecule has 2 heterocycles. The van der Waals surface area contributed by atoms with Crippen molar-refractivity contribution in [2.45, 2.75) is 52.5 Å². The molecule has 1 unspecified atom stereocenters. The minimum absolute atomic E-state index is 0.134. The Morgan fingerprint density at radius 3 is 2.57 bits per heavy atom. The minimum atomic E-state index is -0.985. The third-order valence-electron chi connectivity index (χ3n) is 7.01. The number of rotatable bonds is 12. The molecule has 0 bridgehead atoms. The molecule has 12 heteroatoms. The molecule has 0 radical (unpaired) electrons. The Morgan fingerprint density at radius 2 is 1.90 bits per heavy atom. The summed E-state index contributed by atoms with van der Waals surface area (Å²) in [6, 6.07) is 9.29. The average Bonchev–Trinajstić information content (AvgIpc) is 3.61. The fraction of sp³-hybridized carbons (Fsp3) is 0.300. The average molecular weight is 577 g/mol. The van der Waals surface area contributed by atoms with Gasteiger partial charge in [0.25, 0.3) is 0 Å². The molecule has 0 fully saturated rings. The van der Waals surface area contributed by atoms with Crippen molar-refractivity contribution in [2.24, 2.45) is 5.73 Å². The number of hydrogen-bond acceptors (Lipinski definition) is 10. The Labute approximate surface area is 241 Å². The van der Waals surface area contributed by atoms with Crippen LogP contribution in [0.3, 0.4) is 0 Å². The summed E-state index contributed by atoms with van der Waals surface area (Å²) in [5.41, 5.74) is 11.1. The van der Waals surface area contributed by atoms with Gasteiger partial charge in [0.15, 0.2) is 39.5 Å². The number of carbonyl (C=O) groups excluding carboxylic acids is 2. The Kier molecular flexibility index (Phi) is 9.06. The van der Waals surface area contributed by atoms with E-state index in [9.17, 15) is 19.7 Å². The molecule has 2 aromatic heterocycles. The Balaban J connectivity index is 1.65. The van der Waals surface area contributed by atoms with Gasteiger partial charge in [-0.25, -0.2) is 14.9 Å². The number of amidine groups is 1. The summed E-state index contributed by atoms with van der Waals surface area (Å²) in [7, 11) is 1.55. The van der Waals surface area contributed by atoms with Crippen molar-refractivity contribution in [3.8, 4) is 23.0 Å². The van der Waals surface area contributed by atoms with Crippen molar-refractivity contribution in [3.05, 3.63) is 80.6 Å². The number of ether oxygens (including phenoxy) is 2. The number of esters is 1. The van der Waals surface area contributed by atoms with Crippen LogP contribution in [-0.2, 0) is 4.79 Å². The van der Waals surface area contributed by atoms with Crippen LogP contribution in [0.2, 0.25) is 0 Å². The van der Waals surface area contributed by atoms with Gasteiger partial charge in [-0.1, -0.05) is 17.9 Å². The molecule has 0 aliphatic rings. The van der Waals surface area contributed by atoms with Gasteiger partial charge in [0.05, 0.1) is 18.9 Å². The second-order valence-corrected chi connectivity index (χ2v) is 9.94. The van der Waals surface area contributed by atoms with Gasteiger partial charge in [-0.15, -0.1) is 0 Å². The number of methoxy groups -OCH3 is 1. The predicted molar refractivity (Wildman–Crippen MR) is 154 cm³/mol. The van der Waals surface area contributed by atoms with E-state index < -0.39 is 17.0 Å². The van der Waals surface area contributed by atoms with Gasteiger partial charge < -0.3 is 24.0 Å². The summed E-state index contributed by atoms with van der Waals surface area (Å²) >= 11 is 0. The van der Waals surface area contributed by atoms with E-state index in [1.165, 1.54) is 6.26 Å². The molecule has 0 saturated carbocycles. The highest BCUT2D eigenvalue weighted by Gasteiger charge is 2.29. The van der Waals surface area contributed by atoms with Crippen LogP contribution in [0, 0.1) is 36.3 Å². The number of hydrazine groups is 1. The molecular formula is C30H32N4O8. The molecule has 4 rings (SSSR count). The molecule has 1 atom stereocenters. The van der Waals surface area contributed by atoms with E-state index in [2.05, 4.69) is 0 Å². The number of fused-ring (bicyclic) bond motifs is 1. The number of nitrogens with one attached hydrogen (secondary N) is 2. The number of aryl methyl sites for hydroxylation is 2. The summed E-state index contributed by atoms with van der Waals surface area (Å²) in [5.74, 6) is -0.0219. The molecule has 12 nitrogen and oxygen atoms in total. The van der Waals surface area contributed by atoms with Crippen molar-refractivity contribution in [1.29, 1.82) is 5.41 Å². The maximum atomic E-state index is 14.0. The van der Waals surface area contributed by atoms with E-state index >= 15 is 0 Å². The number of nitro groups is 1. The molecular weight excluding hydrogens is 544 g/mol. The zero-order chi connectivity index (χ0) is 30.6. The van der Waals surface area contributed by atoms with Crippen molar-refractivity contribution in [2.75, 3.05) is 7.11 Å². The lowest BCUT2D eigenvalue weighted by molar-refractivity contribution is -0.525. The van der Waals surface area contributed by atoms with E-state index in [1.807, 2.05) is 13.8 Å². The van der Waals surface area contributed by atoms with Gasteiger partial charge in [-0.2, -0.15) is 0 Å². The van der Waals surface area contributed by atoms with E-state index in [0.29, 0.717) is 40.9 Å². The number of nitrogens with two attached hydrogens (primary N) is 1. The lowest BCUT2D eigenvalue weighted by Gasteiger charge is -2.13. The van der Waals surface area contributed by atoms with Crippen LogP contribution in [-0.4, -0.2) is 35.8 Å². The van der Waals surface area contributed by atoms with E-state index in [1.54, 1.807) is 55.9 Å². The second kappa shape index (κ2) is 12.7. The second-order valence-electron chi connectivity index (χ2n) is 9.94. The van der Waals surface area contributed by atoms with Crippen LogP contribution in [0.5, 0.6) is 11.5 Å². The standard InChI is InChI=1S/C30H32N4O8/c1-16-11-12-20-25(26(35)19-14-17(2)18(3)23(15-19)39-4)29(22-9-7-13-40-22)41-28(20)27(16)42-30(36)21(31)8-5-6-10-24(32)33-34(37)38/h7,9,11-15,21H,5-6,8,10,31H2,1-4H3,(H2,32,33). The molecule has 0 aliphatic heterocycles. The van der Waals surface area contributed by atoms with Gasteiger partial charge in [0, 0.05) is 17.4 Å². The third kappa shape index (κ3) is 6.33. The Morgan fingerprint density at radius 1 is 1.14 bits per heavy atom. The van der Waals surface area contributed by atoms with Crippen LogP contribution < -0.4 is 20.6 Å². The SMILES string of the molecule is COc1cc(C(=O)c2c(-c3ccco3)oc3c(OC(=O)C(N)CCCCC(=N)N[N+](=O)[O-])c(C)ccc23)cc(C)c1C. The van der Waals surface area contributed by atoms with Crippen LogP contribution in [0.4, 0.5) is 0 Å². The highest BCUT2D eigenvalue weighted by molar-refractivity contribution is 6.20. The topological polar surface area (TPSA) is 184 Å². The van der Waals surface area contributed by atoms with Crippen molar-refractivity contribution >= 4 is 28.6 Å². The normalized spacial score (nSPS) is 11.7. The first-order valence-corrected chi connectivity index (χ1v) is 13.3. The number of furan rings is 2. The fourth-order valence-corrected chi connectivity index (χ4v) is 4.61. The smallest absolute Gasteiger partial charge is 0.328 e. The lowest BCUT2D eigenvalue weighted by atomic mass is 9.95. The van der Waals surface area contributed by atoms with E-state index in [-0.39, 0.29) is 47.1 Å². The van der Waals surface area contributed by atoms with Gasteiger partial charge in [-0.3, -0.25) is 10.2 Å². The van der Waals surface area contributed by atoms with Crippen LogP contribution in [0.25, 0.3) is 22.5 Å². The first-order chi connectivity index (χ1) is 20.0. The number of ketones is 1. The quantitative estimate of drug-likeness (QED) is 0.0288. The molecule has 4 aromatic rings. The largest absolute Gasteiger partial charge is 0.496 e. The fourth-order valence-electron chi connectivity index (χ4n) is 4.61. The maximum Gasteiger partial charge on any atom is 0.328 e. The number of benzene rings is 2. The molecule has 0 amide bonds. The summed E-state index contributed by atoms with van der Waals surface area (Å²) in [5, 5.41) is 17.6. The van der Waals surface area contributed by atoms with Crippen LogP contribution >= 0.6 is 0 Å². The number of carbonyl (C=O) groups is 2. The third-order valence-corrected chi connectivity index (χ3v) is 7.01. The van der Waals surface area contributed by atoms with Gasteiger partial charge in [0.1, 0.15) is 11.8 Å². The maximum absolute atomic E-state index is 14.0. The minimum Gasteiger partial charge on any atom is -0.496 e. The van der Waals surface area contributed by atoms with Crippen molar-refractivity contribution in [3.63, 3.8) is 0 Å². The lowest BCUT2D eigenvalue weighted by Crippen LogP contribution is -2.34. The number of hydrogen-bond donors (Lipinski definition) is 3. The molecule has 0 spiro atoms. The van der Waals surface area contributed by atoms with E-state index in [4.69, 9.17) is 29.5 Å². The summed E-state index contributed by atoms with van der Waals surface area (Å²) in [6.45, 7) is 5.55. The summed E-state index contributed by atoms with van der Waals surface area (Å²) in [4.78, 5) is 37.4. The molecule has 0 aliphatic carbocycles. The summed E-state index contributed by atoms with van der Waals surface area (Å²) < 4.78 is 23.0. The van der Waals surface area contributed by atoms with Crippen LogP contribution in [0.1, 0.15) is 58.3 Å². The molecule has 220 valence electrons. The molecule has 0 saturated heterocycles. The monoisotopic (exact) mass is 576 g/mol. The first-order valence-electron chi connectivity index (χ1n) is 13.3. The zero-order valence-electron chi connectivity index (χ0n) is 23.7. The molecule has 2 aromatic carbocycles. The summed E-state index contributed by atoms with van der Waals surface area (Å²) in [6.07, 6.45) is 2.73. The highest BCUT2D eigenvalue weighted by Crippen LogP contribution is 2.41. The first kappa shape index (κ1) is 30.0. The van der Waals surface area contributed by atoms with E-state index in [0.717, 1.165) is 11.1 Å². The van der Waals surface area contributed by atoms with Crippen LogP contribution in [0.15, 0.2) is 51.5 Å². The van der Waals surface area contributed by atoms with Crippen molar-refractivity contribution < 1.29 is 32.9 Å². The molecule has 42 heavy (non-hydrogen) atoms. The predicted octanol–water partition coefficient (Wildman–Crippen LogP) is 5.41. The molecule has 4 N–H and O–H groups in total. The van der Waals surface area contributed by atoms with Crippen molar-refractivity contribution in [1.82, 2.24) is 5.43 Å². The van der Waals surface area contributed by atoms with Gasteiger partial charge in [0.2, 0.25) is 0 Å². The number of unbranched alkanes of at least 4 members (excludes halogenated alkanes) is 1. The van der Waals surface area contributed by atoms with Gasteiger partial charge in [-0.05, 0) is 80.6 Å². The number of nitrogens with zero attached hydrogens (tertiary/aromatic N) is 1. The zero-order valence-corrected chi connectivity index (χ0v) is 23.7. The highest BCUT2D eigenvalue weighted by atomic mass is 16.7. The van der Waals surface area contributed by atoms with Gasteiger partial charge >= 0.3 is 5.97 Å². The Hall–Kier alpha value is -4.97.